The van der Waals surface area contributed by atoms with Crippen LogP contribution in [0, 0.1) is 13.8 Å². The second-order valence-corrected chi connectivity index (χ2v) is 6.18. The molecule has 24 heavy (non-hydrogen) atoms. The average Bonchev–Trinajstić information content (AvgIpc) is 3.12. The summed E-state index contributed by atoms with van der Waals surface area (Å²) in [7, 11) is 0. The third kappa shape index (κ3) is 3.45. The van der Waals surface area contributed by atoms with E-state index in [-0.39, 0.29) is 11.8 Å². The van der Waals surface area contributed by atoms with Crippen molar-refractivity contribution in [3.8, 4) is 0 Å². The maximum Gasteiger partial charge on any atom is 0.272 e. The van der Waals surface area contributed by atoms with Gasteiger partial charge in [-0.25, -0.2) is 0 Å². The van der Waals surface area contributed by atoms with Crippen molar-refractivity contribution >= 4 is 17.5 Å². The minimum absolute atomic E-state index is 0.103. The molecule has 1 N–H and O–H groups in total. The van der Waals surface area contributed by atoms with E-state index < -0.39 is 0 Å². The number of nitrogens with one attached hydrogen (secondary N) is 1. The van der Waals surface area contributed by atoms with Crippen LogP contribution in [0.5, 0.6) is 0 Å². The summed E-state index contributed by atoms with van der Waals surface area (Å²) in [4.78, 5) is 30.7. The number of carbonyl (C=O) groups is 2. The van der Waals surface area contributed by atoms with E-state index in [1.807, 2.05) is 32.0 Å². The van der Waals surface area contributed by atoms with E-state index in [0.29, 0.717) is 11.3 Å². The van der Waals surface area contributed by atoms with Gasteiger partial charge in [-0.05, 0) is 62.1 Å². The van der Waals surface area contributed by atoms with Crippen LogP contribution in [0.2, 0.25) is 0 Å². The smallest absolute Gasteiger partial charge is 0.272 e. The van der Waals surface area contributed by atoms with Crippen LogP contribution in [-0.2, 0) is 0 Å². The number of anilines is 1. The van der Waals surface area contributed by atoms with Gasteiger partial charge < -0.3 is 10.2 Å². The highest BCUT2D eigenvalue weighted by Gasteiger charge is 2.21. The summed E-state index contributed by atoms with van der Waals surface area (Å²) < 4.78 is 0. The molecule has 3 rings (SSSR count). The minimum Gasteiger partial charge on any atom is -0.337 e. The van der Waals surface area contributed by atoms with Crippen molar-refractivity contribution in [1.29, 1.82) is 0 Å². The van der Waals surface area contributed by atoms with Gasteiger partial charge in [-0.3, -0.25) is 14.6 Å². The number of hydrogen-bond acceptors (Lipinski definition) is 3. The molecule has 0 aliphatic carbocycles. The molecule has 0 radical (unpaired) electrons. The molecule has 0 atom stereocenters. The first-order valence-electron chi connectivity index (χ1n) is 8.18. The molecule has 0 unspecified atom stereocenters. The van der Waals surface area contributed by atoms with Crippen LogP contribution in [-0.4, -0.2) is 34.8 Å². The topological polar surface area (TPSA) is 62.3 Å². The SMILES string of the molecule is Cc1ccc(NC(=O)c2ccnc(C(=O)N3CCCC3)c2)cc1C. The fourth-order valence-electron chi connectivity index (χ4n) is 2.79. The molecule has 1 aromatic heterocycles. The Hall–Kier alpha value is -2.69. The third-order valence-corrected chi connectivity index (χ3v) is 4.40. The summed E-state index contributed by atoms with van der Waals surface area (Å²) in [6.45, 7) is 5.56. The van der Waals surface area contributed by atoms with Crippen LogP contribution in [0.1, 0.15) is 44.8 Å². The number of carbonyl (C=O) groups excluding carboxylic acids is 2. The predicted molar refractivity (Wildman–Crippen MR) is 93.2 cm³/mol. The summed E-state index contributed by atoms with van der Waals surface area (Å²) in [5.41, 5.74) is 3.80. The lowest BCUT2D eigenvalue weighted by Crippen LogP contribution is -2.28. The fraction of sp³-hybridized carbons (Fsp3) is 0.316. The lowest BCUT2D eigenvalue weighted by Gasteiger charge is -2.14. The van der Waals surface area contributed by atoms with Crippen molar-refractivity contribution in [2.75, 3.05) is 18.4 Å². The van der Waals surface area contributed by atoms with Gasteiger partial charge in [0.15, 0.2) is 0 Å². The van der Waals surface area contributed by atoms with Crippen LogP contribution in [0.4, 0.5) is 5.69 Å². The van der Waals surface area contributed by atoms with E-state index in [9.17, 15) is 9.59 Å². The molecule has 1 aliphatic heterocycles. The molecular formula is C19H21N3O2. The predicted octanol–water partition coefficient (Wildman–Crippen LogP) is 3.19. The molecule has 1 aliphatic rings. The zero-order valence-corrected chi connectivity index (χ0v) is 14.0. The van der Waals surface area contributed by atoms with Gasteiger partial charge in [-0.15, -0.1) is 0 Å². The molecule has 0 saturated carbocycles. The highest BCUT2D eigenvalue weighted by atomic mass is 16.2. The van der Waals surface area contributed by atoms with Crippen LogP contribution in [0.25, 0.3) is 0 Å². The summed E-state index contributed by atoms with van der Waals surface area (Å²) in [6, 6.07) is 8.97. The van der Waals surface area contributed by atoms with E-state index >= 15 is 0 Å². The zero-order valence-electron chi connectivity index (χ0n) is 14.0. The maximum atomic E-state index is 12.4. The van der Waals surface area contributed by atoms with Crippen LogP contribution < -0.4 is 5.32 Å². The van der Waals surface area contributed by atoms with E-state index in [0.717, 1.165) is 37.2 Å². The lowest BCUT2D eigenvalue weighted by atomic mass is 10.1. The van der Waals surface area contributed by atoms with Gasteiger partial charge in [0.25, 0.3) is 11.8 Å². The Morgan fingerprint density at radius 2 is 1.79 bits per heavy atom. The molecule has 2 aromatic rings. The monoisotopic (exact) mass is 323 g/mol. The highest BCUT2D eigenvalue weighted by molar-refractivity contribution is 6.05. The average molecular weight is 323 g/mol. The Balaban J connectivity index is 1.76. The molecule has 1 saturated heterocycles. The third-order valence-electron chi connectivity index (χ3n) is 4.40. The fourth-order valence-corrected chi connectivity index (χ4v) is 2.79. The van der Waals surface area contributed by atoms with Gasteiger partial charge in [0.1, 0.15) is 5.69 Å². The number of benzene rings is 1. The Morgan fingerprint density at radius 3 is 2.50 bits per heavy atom. The first-order chi connectivity index (χ1) is 11.5. The van der Waals surface area contributed by atoms with E-state index in [4.69, 9.17) is 0 Å². The van der Waals surface area contributed by atoms with Crippen molar-refractivity contribution < 1.29 is 9.59 Å². The van der Waals surface area contributed by atoms with Gasteiger partial charge >= 0.3 is 0 Å². The van der Waals surface area contributed by atoms with Crippen molar-refractivity contribution in [2.24, 2.45) is 0 Å². The number of rotatable bonds is 3. The van der Waals surface area contributed by atoms with Crippen molar-refractivity contribution in [2.45, 2.75) is 26.7 Å². The Morgan fingerprint density at radius 1 is 1.04 bits per heavy atom. The Labute approximate surface area is 141 Å². The Kier molecular flexibility index (Phi) is 4.60. The van der Waals surface area contributed by atoms with Gasteiger partial charge in [0.2, 0.25) is 0 Å². The molecule has 1 aromatic carbocycles. The second kappa shape index (κ2) is 6.83. The second-order valence-electron chi connectivity index (χ2n) is 6.18. The summed E-state index contributed by atoms with van der Waals surface area (Å²) in [5, 5.41) is 2.87. The van der Waals surface area contributed by atoms with Gasteiger partial charge in [-0.2, -0.15) is 0 Å². The number of aryl methyl sites for hydroxylation is 2. The Bertz CT molecular complexity index is 780. The quantitative estimate of drug-likeness (QED) is 0.943. The molecule has 124 valence electrons. The molecule has 0 bridgehead atoms. The normalized spacial score (nSPS) is 13.8. The van der Waals surface area contributed by atoms with E-state index in [1.165, 1.54) is 11.8 Å². The van der Waals surface area contributed by atoms with E-state index in [1.54, 1.807) is 17.0 Å². The molecule has 5 nitrogen and oxygen atoms in total. The number of aromatic nitrogens is 1. The number of hydrogen-bond donors (Lipinski definition) is 1. The standard InChI is InChI=1S/C19H21N3O2/c1-13-5-6-16(11-14(13)2)21-18(23)15-7-8-20-17(12-15)19(24)22-9-3-4-10-22/h5-8,11-12H,3-4,9-10H2,1-2H3,(H,21,23). The molecule has 1 fully saturated rings. The maximum absolute atomic E-state index is 12.4. The first kappa shape index (κ1) is 16.2. The largest absolute Gasteiger partial charge is 0.337 e. The highest BCUT2D eigenvalue weighted by Crippen LogP contribution is 2.16. The summed E-state index contributed by atoms with van der Waals surface area (Å²) in [5.74, 6) is -0.343. The van der Waals surface area contributed by atoms with Gasteiger partial charge in [0, 0.05) is 30.5 Å². The zero-order chi connectivity index (χ0) is 17.1. The van der Waals surface area contributed by atoms with Crippen molar-refractivity contribution in [1.82, 2.24) is 9.88 Å². The molecule has 2 heterocycles. The van der Waals surface area contributed by atoms with Gasteiger partial charge in [0.05, 0.1) is 0 Å². The minimum atomic E-state index is -0.240. The van der Waals surface area contributed by atoms with Crippen LogP contribution in [0.15, 0.2) is 36.5 Å². The van der Waals surface area contributed by atoms with Crippen LogP contribution in [0.3, 0.4) is 0 Å². The first-order valence-corrected chi connectivity index (χ1v) is 8.18. The summed E-state index contributed by atoms with van der Waals surface area (Å²) >= 11 is 0. The van der Waals surface area contributed by atoms with Crippen molar-refractivity contribution in [3.05, 3.63) is 58.9 Å². The molecule has 0 spiro atoms. The number of amides is 2. The van der Waals surface area contributed by atoms with Crippen molar-refractivity contribution in [3.63, 3.8) is 0 Å². The molecule has 5 heteroatoms. The molecular weight excluding hydrogens is 302 g/mol. The molecule has 2 amide bonds. The lowest BCUT2D eigenvalue weighted by molar-refractivity contribution is 0.0787. The number of likely N-dealkylation sites (tertiary alicyclic amines) is 1. The van der Waals surface area contributed by atoms with Gasteiger partial charge in [-0.1, -0.05) is 6.07 Å². The van der Waals surface area contributed by atoms with Crippen LogP contribution >= 0.6 is 0 Å². The number of nitrogens with zero attached hydrogens (tertiary/aromatic N) is 2. The van der Waals surface area contributed by atoms with E-state index in [2.05, 4.69) is 10.3 Å². The summed E-state index contributed by atoms with van der Waals surface area (Å²) in [6.07, 6.45) is 3.57. The number of pyridine rings is 1.